The third kappa shape index (κ3) is 3.91. The van der Waals surface area contributed by atoms with Crippen LogP contribution in [0, 0.1) is 6.92 Å². The predicted octanol–water partition coefficient (Wildman–Crippen LogP) is 1.71. The van der Waals surface area contributed by atoms with Crippen molar-refractivity contribution in [2.24, 2.45) is 0 Å². The molecule has 1 aromatic rings. The van der Waals surface area contributed by atoms with Gasteiger partial charge < -0.3 is 15.2 Å². The molecule has 0 spiro atoms. The van der Waals surface area contributed by atoms with Gasteiger partial charge in [0, 0.05) is 24.6 Å². The Morgan fingerprint density at radius 3 is 2.87 bits per heavy atom. The lowest BCUT2D eigenvalue weighted by molar-refractivity contribution is 0.0631. The van der Waals surface area contributed by atoms with Crippen LogP contribution in [-0.4, -0.2) is 31.5 Å². The van der Waals surface area contributed by atoms with Crippen molar-refractivity contribution in [1.82, 2.24) is 5.32 Å². The number of aliphatic hydroxyl groups excluding tert-OH is 1. The van der Waals surface area contributed by atoms with Crippen LogP contribution in [0.1, 0.15) is 23.4 Å². The van der Waals surface area contributed by atoms with Crippen LogP contribution in [0.2, 0.25) is 0 Å². The van der Waals surface area contributed by atoms with E-state index in [4.69, 9.17) is 4.74 Å². The Morgan fingerprint density at radius 1 is 1.60 bits per heavy atom. The van der Waals surface area contributed by atoms with Crippen LogP contribution in [0.15, 0.2) is 11.4 Å². The molecule has 0 aliphatic carbocycles. The fourth-order valence-corrected chi connectivity index (χ4v) is 2.45. The highest BCUT2D eigenvalue weighted by molar-refractivity contribution is 7.10. The number of aliphatic hydroxyl groups is 1. The van der Waals surface area contributed by atoms with Gasteiger partial charge in [-0.15, -0.1) is 11.3 Å². The molecule has 1 heterocycles. The number of ether oxygens (including phenoxy) is 1. The second-order valence-corrected chi connectivity index (χ2v) is 4.65. The van der Waals surface area contributed by atoms with Crippen molar-refractivity contribution in [2.75, 3.05) is 20.3 Å². The zero-order valence-electron chi connectivity index (χ0n) is 9.49. The van der Waals surface area contributed by atoms with Crippen LogP contribution >= 0.6 is 11.3 Å². The first-order valence-electron chi connectivity index (χ1n) is 5.09. The van der Waals surface area contributed by atoms with Gasteiger partial charge in [0.15, 0.2) is 0 Å². The lowest BCUT2D eigenvalue weighted by Gasteiger charge is -2.16. The van der Waals surface area contributed by atoms with E-state index in [2.05, 4.69) is 30.6 Å². The summed E-state index contributed by atoms with van der Waals surface area (Å²) in [6, 6.07) is 2.40. The third-order valence-corrected chi connectivity index (χ3v) is 3.52. The summed E-state index contributed by atoms with van der Waals surface area (Å²) < 4.78 is 4.86. The van der Waals surface area contributed by atoms with Gasteiger partial charge in [-0.1, -0.05) is 0 Å². The Labute approximate surface area is 95.1 Å². The van der Waals surface area contributed by atoms with E-state index in [-0.39, 0.29) is 6.04 Å². The van der Waals surface area contributed by atoms with Crippen molar-refractivity contribution in [3.63, 3.8) is 0 Å². The molecule has 0 amide bonds. The average Bonchev–Trinajstić information content (AvgIpc) is 2.61. The molecule has 0 saturated carbocycles. The summed E-state index contributed by atoms with van der Waals surface area (Å²) >= 11 is 1.75. The molecule has 0 aliphatic rings. The summed E-state index contributed by atoms with van der Waals surface area (Å²) in [5.74, 6) is 0. The maximum atomic E-state index is 9.48. The molecule has 0 saturated heterocycles. The zero-order valence-corrected chi connectivity index (χ0v) is 10.3. The molecule has 0 bridgehead atoms. The quantitative estimate of drug-likeness (QED) is 0.780. The molecule has 0 fully saturated rings. The summed E-state index contributed by atoms with van der Waals surface area (Å²) in [4.78, 5) is 1.33. The summed E-state index contributed by atoms with van der Waals surface area (Å²) in [5, 5.41) is 14.9. The second kappa shape index (κ2) is 6.23. The van der Waals surface area contributed by atoms with E-state index in [9.17, 15) is 5.11 Å². The molecular formula is C11H19NO2S. The van der Waals surface area contributed by atoms with E-state index in [0.29, 0.717) is 13.2 Å². The maximum absolute atomic E-state index is 9.48. The van der Waals surface area contributed by atoms with E-state index < -0.39 is 6.10 Å². The SMILES string of the molecule is COCC(O)CNC(C)c1sccc1C. The summed E-state index contributed by atoms with van der Waals surface area (Å²) in [6.07, 6.45) is -0.433. The van der Waals surface area contributed by atoms with Crippen LogP contribution in [0.4, 0.5) is 0 Å². The molecule has 4 heteroatoms. The first-order valence-corrected chi connectivity index (χ1v) is 5.97. The number of hydrogen-bond donors (Lipinski definition) is 2. The van der Waals surface area contributed by atoms with Gasteiger partial charge in [0.25, 0.3) is 0 Å². The Bertz CT molecular complexity index is 288. The summed E-state index contributed by atoms with van der Waals surface area (Å²) in [6.45, 7) is 5.16. The minimum absolute atomic E-state index is 0.288. The Hall–Kier alpha value is -0.420. The third-order valence-electron chi connectivity index (χ3n) is 2.31. The van der Waals surface area contributed by atoms with Gasteiger partial charge in [-0.3, -0.25) is 0 Å². The van der Waals surface area contributed by atoms with Gasteiger partial charge in [0.1, 0.15) is 0 Å². The molecule has 3 nitrogen and oxygen atoms in total. The first-order chi connectivity index (χ1) is 7.15. The van der Waals surface area contributed by atoms with Crippen LogP contribution in [0.3, 0.4) is 0 Å². The van der Waals surface area contributed by atoms with E-state index in [1.807, 2.05) is 0 Å². The fourth-order valence-electron chi connectivity index (χ4n) is 1.48. The minimum atomic E-state index is -0.433. The topological polar surface area (TPSA) is 41.5 Å². The van der Waals surface area contributed by atoms with Crippen LogP contribution in [-0.2, 0) is 4.74 Å². The standard InChI is InChI=1S/C11H19NO2S/c1-8-4-5-15-11(8)9(2)12-6-10(13)7-14-3/h4-5,9-10,12-13H,6-7H2,1-3H3. The molecule has 2 N–H and O–H groups in total. The molecule has 86 valence electrons. The van der Waals surface area contributed by atoms with Crippen molar-refractivity contribution < 1.29 is 9.84 Å². The molecule has 15 heavy (non-hydrogen) atoms. The van der Waals surface area contributed by atoms with Crippen molar-refractivity contribution in [3.8, 4) is 0 Å². The highest BCUT2D eigenvalue weighted by Gasteiger charge is 2.11. The van der Waals surface area contributed by atoms with Gasteiger partial charge in [-0.05, 0) is 30.9 Å². The predicted molar refractivity (Wildman–Crippen MR) is 63.4 cm³/mol. The van der Waals surface area contributed by atoms with E-state index >= 15 is 0 Å². The van der Waals surface area contributed by atoms with Crippen LogP contribution < -0.4 is 5.32 Å². The molecule has 0 radical (unpaired) electrons. The van der Waals surface area contributed by atoms with Gasteiger partial charge in [-0.2, -0.15) is 0 Å². The Kier molecular flexibility index (Phi) is 5.25. The van der Waals surface area contributed by atoms with Gasteiger partial charge in [-0.25, -0.2) is 0 Å². The lowest BCUT2D eigenvalue weighted by atomic mass is 10.2. The number of methoxy groups -OCH3 is 1. The zero-order chi connectivity index (χ0) is 11.3. The van der Waals surface area contributed by atoms with Gasteiger partial charge in [0.05, 0.1) is 12.7 Å². The Balaban J connectivity index is 2.36. The van der Waals surface area contributed by atoms with E-state index in [0.717, 1.165) is 0 Å². The molecule has 2 unspecified atom stereocenters. The second-order valence-electron chi connectivity index (χ2n) is 3.71. The van der Waals surface area contributed by atoms with Gasteiger partial charge in [0.2, 0.25) is 0 Å². The normalized spacial score (nSPS) is 15.2. The monoisotopic (exact) mass is 229 g/mol. The van der Waals surface area contributed by atoms with Crippen molar-refractivity contribution in [1.29, 1.82) is 0 Å². The van der Waals surface area contributed by atoms with Crippen molar-refractivity contribution >= 4 is 11.3 Å². The number of hydrogen-bond acceptors (Lipinski definition) is 4. The number of aryl methyl sites for hydroxylation is 1. The molecule has 1 rings (SSSR count). The molecule has 0 aromatic carbocycles. The largest absolute Gasteiger partial charge is 0.389 e. The van der Waals surface area contributed by atoms with Crippen molar-refractivity contribution in [3.05, 3.63) is 21.9 Å². The summed E-state index contributed by atoms with van der Waals surface area (Å²) in [7, 11) is 1.59. The smallest absolute Gasteiger partial charge is 0.0897 e. The Morgan fingerprint density at radius 2 is 2.33 bits per heavy atom. The van der Waals surface area contributed by atoms with Crippen LogP contribution in [0.5, 0.6) is 0 Å². The molecule has 1 aromatic heterocycles. The lowest BCUT2D eigenvalue weighted by Crippen LogP contribution is -2.31. The molecule has 0 aliphatic heterocycles. The van der Waals surface area contributed by atoms with Crippen molar-refractivity contribution in [2.45, 2.75) is 26.0 Å². The number of thiophene rings is 1. The highest BCUT2D eigenvalue weighted by Crippen LogP contribution is 2.23. The van der Waals surface area contributed by atoms with Gasteiger partial charge >= 0.3 is 0 Å². The van der Waals surface area contributed by atoms with E-state index in [1.165, 1.54) is 10.4 Å². The number of nitrogens with one attached hydrogen (secondary N) is 1. The van der Waals surface area contributed by atoms with Crippen LogP contribution in [0.25, 0.3) is 0 Å². The minimum Gasteiger partial charge on any atom is -0.389 e. The van der Waals surface area contributed by atoms with E-state index in [1.54, 1.807) is 18.4 Å². The fraction of sp³-hybridized carbons (Fsp3) is 0.636. The first kappa shape index (κ1) is 12.6. The maximum Gasteiger partial charge on any atom is 0.0897 e. The highest BCUT2D eigenvalue weighted by atomic mass is 32.1. The average molecular weight is 229 g/mol. The number of rotatable bonds is 6. The summed E-state index contributed by atoms with van der Waals surface area (Å²) in [5.41, 5.74) is 1.31. The molecular weight excluding hydrogens is 210 g/mol. The molecule has 2 atom stereocenters.